The van der Waals surface area contributed by atoms with Gasteiger partial charge in [-0.05, 0) is 31.2 Å². The zero-order valence-corrected chi connectivity index (χ0v) is 13.4. The average Bonchev–Trinajstić information content (AvgIpc) is 3.09. The van der Waals surface area contributed by atoms with Gasteiger partial charge in [-0.3, -0.25) is 9.69 Å². The van der Waals surface area contributed by atoms with E-state index in [4.69, 9.17) is 4.99 Å². The van der Waals surface area contributed by atoms with E-state index in [1.807, 2.05) is 30.0 Å². The number of para-hydroxylation sites is 3. The van der Waals surface area contributed by atoms with Gasteiger partial charge in [0.1, 0.15) is 5.84 Å². The fraction of sp³-hybridized carbons (Fsp3) is 0.200. The minimum Gasteiger partial charge on any atom is -0.311 e. The molecule has 4 nitrogen and oxygen atoms in total. The Hall–Kier alpha value is -2.88. The van der Waals surface area contributed by atoms with Crippen LogP contribution in [0.25, 0.3) is 16.6 Å². The molecule has 118 valence electrons. The molecule has 2 aliphatic rings. The molecular weight excluding hydrogens is 298 g/mol. The number of aliphatic imine (C=N–C) groups is 1. The molecule has 0 aliphatic carbocycles. The maximum absolute atomic E-state index is 12.5. The molecule has 0 spiro atoms. The zero-order valence-electron chi connectivity index (χ0n) is 13.4. The number of nitrogens with zero attached hydrogens (tertiary/aromatic N) is 3. The SMILES string of the molecule is CCN1C(=O)CC2C1=Nc1ccccc1-n1c2cc2ccccc21. The molecule has 0 bridgehead atoms. The Morgan fingerprint density at radius 1 is 1.12 bits per heavy atom. The van der Waals surface area contributed by atoms with E-state index in [1.54, 1.807) is 0 Å². The first-order valence-corrected chi connectivity index (χ1v) is 8.36. The second-order valence-electron chi connectivity index (χ2n) is 6.32. The fourth-order valence-corrected chi connectivity index (χ4v) is 3.98. The third-order valence-electron chi connectivity index (χ3n) is 5.04. The Bertz CT molecular complexity index is 1010. The number of likely N-dealkylation sites (tertiary alicyclic amines) is 1. The number of benzene rings is 2. The van der Waals surface area contributed by atoms with Crippen LogP contribution in [0.15, 0.2) is 59.6 Å². The van der Waals surface area contributed by atoms with E-state index in [2.05, 4.69) is 41.0 Å². The highest BCUT2D eigenvalue weighted by Crippen LogP contribution is 2.41. The molecule has 1 amide bonds. The van der Waals surface area contributed by atoms with E-state index in [-0.39, 0.29) is 11.8 Å². The lowest BCUT2D eigenvalue weighted by molar-refractivity contribution is -0.125. The topological polar surface area (TPSA) is 37.6 Å². The molecule has 5 rings (SSSR count). The van der Waals surface area contributed by atoms with E-state index < -0.39 is 0 Å². The lowest BCUT2D eigenvalue weighted by atomic mass is 10.0. The molecule has 0 N–H and O–H groups in total. The molecule has 2 aliphatic heterocycles. The minimum absolute atomic E-state index is 0.0252. The molecule has 1 atom stereocenters. The third-order valence-corrected chi connectivity index (χ3v) is 5.04. The Morgan fingerprint density at radius 2 is 1.92 bits per heavy atom. The highest BCUT2D eigenvalue weighted by atomic mass is 16.2. The molecule has 0 radical (unpaired) electrons. The Kier molecular flexibility index (Phi) is 2.71. The number of aromatic nitrogens is 1. The van der Waals surface area contributed by atoms with Crippen molar-refractivity contribution in [3.8, 4) is 5.69 Å². The van der Waals surface area contributed by atoms with Gasteiger partial charge in [-0.15, -0.1) is 0 Å². The van der Waals surface area contributed by atoms with Crippen molar-refractivity contribution >= 4 is 28.3 Å². The van der Waals surface area contributed by atoms with Crippen molar-refractivity contribution < 1.29 is 4.79 Å². The maximum Gasteiger partial charge on any atom is 0.229 e. The number of carbonyl (C=O) groups excluding carboxylic acids is 1. The van der Waals surface area contributed by atoms with Gasteiger partial charge in [-0.1, -0.05) is 30.3 Å². The van der Waals surface area contributed by atoms with Crippen LogP contribution in [-0.4, -0.2) is 27.8 Å². The number of hydrogen-bond donors (Lipinski definition) is 0. The summed E-state index contributed by atoms with van der Waals surface area (Å²) >= 11 is 0. The fourth-order valence-electron chi connectivity index (χ4n) is 3.98. The van der Waals surface area contributed by atoms with Crippen molar-refractivity contribution in [2.45, 2.75) is 19.3 Å². The molecule has 1 saturated heterocycles. The van der Waals surface area contributed by atoms with Crippen LogP contribution in [0.3, 0.4) is 0 Å². The van der Waals surface area contributed by atoms with Gasteiger partial charge in [-0.25, -0.2) is 4.99 Å². The lowest BCUT2D eigenvalue weighted by Crippen LogP contribution is -2.30. The van der Waals surface area contributed by atoms with Gasteiger partial charge in [0.05, 0.1) is 22.8 Å². The molecule has 2 aromatic carbocycles. The van der Waals surface area contributed by atoms with Crippen LogP contribution < -0.4 is 0 Å². The van der Waals surface area contributed by atoms with E-state index in [1.165, 1.54) is 10.9 Å². The van der Waals surface area contributed by atoms with Crippen LogP contribution in [0, 0.1) is 0 Å². The predicted molar refractivity (Wildman–Crippen MR) is 95.1 cm³/mol. The summed E-state index contributed by atoms with van der Waals surface area (Å²) in [6.07, 6.45) is 0.497. The van der Waals surface area contributed by atoms with Gasteiger partial charge in [0.15, 0.2) is 0 Å². The van der Waals surface area contributed by atoms with Gasteiger partial charge in [0, 0.05) is 24.0 Å². The second kappa shape index (κ2) is 4.81. The molecule has 24 heavy (non-hydrogen) atoms. The van der Waals surface area contributed by atoms with Crippen molar-refractivity contribution in [2.24, 2.45) is 4.99 Å². The monoisotopic (exact) mass is 315 g/mol. The number of likely N-dealkylation sites (N-methyl/N-ethyl adjacent to an activating group) is 1. The molecule has 4 heteroatoms. The first-order chi connectivity index (χ1) is 11.8. The van der Waals surface area contributed by atoms with Crippen LogP contribution in [0.4, 0.5) is 5.69 Å². The molecule has 0 saturated carbocycles. The normalized spacial score (nSPS) is 18.9. The number of rotatable bonds is 1. The lowest BCUT2D eigenvalue weighted by Gasteiger charge is -2.16. The smallest absolute Gasteiger partial charge is 0.229 e. The van der Waals surface area contributed by atoms with Crippen molar-refractivity contribution in [1.29, 1.82) is 0 Å². The first kappa shape index (κ1) is 13.5. The van der Waals surface area contributed by atoms with Gasteiger partial charge < -0.3 is 4.57 Å². The second-order valence-corrected chi connectivity index (χ2v) is 6.32. The van der Waals surface area contributed by atoms with Crippen molar-refractivity contribution in [3.63, 3.8) is 0 Å². The Balaban J connectivity index is 1.89. The van der Waals surface area contributed by atoms with Gasteiger partial charge in [0.2, 0.25) is 5.91 Å². The summed E-state index contributed by atoms with van der Waals surface area (Å²) in [6.45, 7) is 2.67. The van der Waals surface area contributed by atoms with E-state index in [0.717, 1.165) is 22.9 Å². The molecule has 1 aromatic heterocycles. The van der Waals surface area contributed by atoms with Crippen molar-refractivity contribution in [2.75, 3.05) is 6.54 Å². The van der Waals surface area contributed by atoms with Gasteiger partial charge in [-0.2, -0.15) is 0 Å². The molecule has 1 unspecified atom stereocenters. The average molecular weight is 315 g/mol. The summed E-state index contributed by atoms with van der Waals surface area (Å²) in [6, 6.07) is 18.8. The largest absolute Gasteiger partial charge is 0.311 e. The van der Waals surface area contributed by atoms with Crippen LogP contribution in [0.2, 0.25) is 0 Å². The summed E-state index contributed by atoms with van der Waals surface area (Å²) in [7, 11) is 0. The number of amides is 1. The van der Waals surface area contributed by atoms with Crippen LogP contribution in [0.5, 0.6) is 0 Å². The number of hydrogen-bond acceptors (Lipinski definition) is 2. The highest BCUT2D eigenvalue weighted by molar-refractivity contribution is 6.11. The van der Waals surface area contributed by atoms with Gasteiger partial charge in [0.25, 0.3) is 0 Å². The number of carbonyl (C=O) groups is 1. The highest BCUT2D eigenvalue weighted by Gasteiger charge is 2.40. The van der Waals surface area contributed by atoms with E-state index in [9.17, 15) is 4.79 Å². The van der Waals surface area contributed by atoms with Crippen LogP contribution in [0.1, 0.15) is 25.0 Å². The third kappa shape index (κ3) is 1.68. The maximum atomic E-state index is 12.5. The van der Waals surface area contributed by atoms with E-state index in [0.29, 0.717) is 13.0 Å². The van der Waals surface area contributed by atoms with Crippen molar-refractivity contribution in [3.05, 3.63) is 60.3 Å². The van der Waals surface area contributed by atoms with Crippen LogP contribution >= 0.6 is 0 Å². The Morgan fingerprint density at radius 3 is 2.79 bits per heavy atom. The van der Waals surface area contributed by atoms with Crippen LogP contribution in [-0.2, 0) is 4.79 Å². The number of fused-ring (bicyclic) bond motifs is 7. The zero-order chi connectivity index (χ0) is 16.3. The standard InChI is InChI=1S/C20H17N3O/c1-2-22-19(24)12-14-18-11-13-7-3-5-9-16(13)23(18)17-10-6-4-8-15(17)21-20(14)22/h3-11,14H,2,12H2,1H3. The molecule has 3 aromatic rings. The molecule has 3 heterocycles. The summed E-state index contributed by atoms with van der Waals surface area (Å²) in [5.74, 6) is 1.08. The van der Waals surface area contributed by atoms with Crippen molar-refractivity contribution in [1.82, 2.24) is 9.47 Å². The summed E-state index contributed by atoms with van der Waals surface area (Å²) in [5, 5.41) is 1.20. The quantitative estimate of drug-likeness (QED) is 0.668. The Labute approximate surface area is 140 Å². The predicted octanol–water partition coefficient (Wildman–Crippen LogP) is 4.01. The molecule has 1 fully saturated rings. The summed E-state index contributed by atoms with van der Waals surface area (Å²) in [4.78, 5) is 19.2. The summed E-state index contributed by atoms with van der Waals surface area (Å²) < 4.78 is 2.28. The summed E-state index contributed by atoms with van der Waals surface area (Å²) in [5.41, 5.74) is 4.33. The van der Waals surface area contributed by atoms with E-state index >= 15 is 0 Å². The first-order valence-electron chi connectivity index (χ1n) is 8.36. The minimum atomic E-state index is 0.0252. The molecular formula is C20H17N3O. The number of amidine groups is 1. The van der Waals surface area contributed by atoms with Gasteiger partial charge >= 0.3 is 0 Å².